The monoisotopic (exact) mass is 179 g/mol. The highest BCUT2D eigenvalue weighted by Crippen LogP contribution is 1.97. The summed E-state index contributed by atoms with van der Waals surface area (Å²) in [4.78, 5) is 0. The third kappa shape index (κ3) is 8.11. The second-order valence-electron chi connectivity index (χ2n) is 2.56. The summed E-state index contributed by atoms with van der Waals surface area (Å²) in [6, 6.07) is 0. The molecule has 68 valence electrons. The number of rotatable bonds is 7. The predicted octanol–water partition coefficient (Wildman–Crippen LogP) is 1.63. The van der Waals surface area contributed by atoms with Crippen molar-refractivity contribution in [2.75, 3.05) is 26.8 Å². The van der Waals surface area contributed by atoms with Gasteiger partial charge in [0, 0.05) is 25.6 Å². The highest BCUT2D eigenvalue weighted by Gasteiger charge is 1.98. The second-order valence-corrected chi connectivity index (χ2v) is 3.17. The lowest BCUT2D eigenvalue weighted by molar-refractivity contribution is 0.194. The maximum absolute atomic E-state index is 5.88. The summed E-state index contributed by atoms with van der Waals surface area (Å²) in [5.74, 6) is 0. The normalized spacial score (nSPS) is 13.4. The lowest BCUT2D eigenvalue weighted by Crippen LogP contribution is -2.24. The van der Waals surface area contributed by atoms with Gasteiger partial charge in [0.2, 0.25) is 0 Å². The molecule has 0 radical (unpaired) electrons. The molecule has 0 rings (SSSR count). The van der Waals surface area contributed by atoms with Crippen molar-refractivity contribution in [2.24, 2.45) is 0 Å². The minimum atomic E-state index is 0.276. The Labute approximate surface area is 74.3 Å². The molecule has 0 fully saturated rings. The van der Waals surface area contributed by atoms with Gasteiger partial charge >= 0.3 is 0 Å². The molecule has 1 N–H and O–H groups in total. The Balaban J connectivity index is 2.89. The molecule has 0 saturated carbocycles. The van der Waals surface area contributed by atoms with Crippen LogP contribution in [0.5, 0.6) is 0 Å². The number of ether oxygens (including phenoxy) is 1. The molecule has 1 atom stereocenters. The van der Waals surface area contributed by atoms with E-state index < -0.39 is 0 Å². The molecule has 2 nitrogen and oxygen atoms in total. The molecule has 3 heteroatoms. The van der Waals surface area contributed by atoms with Gasteiger partial charge in [0.15, 0.2) is 0 Å². The van der Waals surface area contributed by atoms with Crippen molar-refractivity contribution < 1.29 is 4.74 Å². The summed E-state index contributed by atoms with van der Waals surface area (Å²) in [5, 5.41) is 3.53. The predicted molar refractivity (Wildman–Crippen MR) is 49.3 cm³/mol. The van der Waals surface area contributed by atoms with Crippen LogP contribution in [-0.2, 0) is 4.74 Å². The third-order valence-corrected chi connectivity index (χ3v) is 1.97. The fourth-order valence-electron chi connectivity index (χ4n) is 0.745. The Bertz CT molecular complexity index is 80.5. The van der Waals surface area contributed by atoms with Crippen molar-refractivity contribution >= 4 is 11.6 Å². The van der Waals surface area contributed by atoms with Gasteiger partial charge in [-0.1, -0.05) is 6.92 Å². The van der Waals surface area contributed by atoms with Crippen LogP contribution in [-0.4, -0.2) is 32.2 Å². The van der Waals surface area contributed by atoms with Gasteiger partial charge in [0.1, 0.15) is 0 Å². The van der Waals surface area contributed by atoms with Crippen LogP contribution in [0, 0.1) is 0 Å². The van der Waals surface area contributed by atoms with Gasteiger partial charge in [0.05, 0.1) is 0 Å². The molecular formula is C8H18ClNO. The Morgan fingerprint density at radius 2 is 2.27 bits per heavy atom. The van der Waals surface area contributed by atoms with E-state index in [4.69, 9.17) is 16.3 Å². The highest BCUT2D eigenvalue weighted by molar-refractivity contribution is 6.20. The molecule has 0 saturated heterocycles. The van der Waals surface area contributed by atoms with Crippen molar-refractivity contribution in [2.45, 2.75) is 25.1 Å². The zero-order valence-electron chi connectivity index (χ0n) is 7.40. The minimum Gasteiger partial charge on any atom is -0.385 e. The maximum atomic E-state index is 5.88. The van der Waals surface area contributed by atoms with Crippen molar-refractivity contribution in [3.05, 3.63) is 0 Å². The van der Waals surface area contributed by atoms with Crippen LogP contribution in [0.15, 0.2) is 0 Å². The van der Waals surface area contributed by atoms with E-state index >= 15 is 0 Å². The van der Waals surface area contributed by atoms with E-state index in [1.807, 2.05) is 0 Å². The molecule has 1 unspecified atom stereocenters. The van der Waals surface area contributed by atoms with E-state index in [0.717, 1.165) is 32.5 Å². The molecular weight excluding hydrogens is 162 g/mol. The van der Waals surface area contributed by atoms with Gasteiger partial charge in [0.25, 0.3) is 0 Å². The van der Waals surface area contributed by atoms with Crippen molar-refractivity contribution in [3.8, 4) is 0 Å². The first-order valence-electron chi connectivity index (χ1n) is 4.15. The quantitative estimate of drug-likeness (QED) is 0.474. The van der Waals surface area contributed by atoms with E-state index in [-0.39, 0.29) is 5.38 Å². The number of nitrogens with one attached hydrogen (secondary N) is 1. The summed E-state index contributed by atoms with van der Waals surface area (Å²) >= 11 is 5.88. The lowest BCUT2D eigenvalue weighted by atomic mass is 10.3. The van der Waals surface area contributed by atoms with Crippen LogP contribution < -0.4 is 5.32 Å². The number of hydrogen-bond acceptors (Lipinski definition) is 2. The van der Waals surface area contributed by atoms with E-state index in [2.05, 4.69) is 12.2 Å². The van der Waals surface area contributed by atoms with Gasteiger partial charge in [-0.25, -0.2) is 0 Å². The molecule has 0 heterocycles. The summed E-state index contributed by atoms with van der Waals surface area (Å²) in [7, 11) is 1.72. The molecule has 0 bridgehead atoms. The third-order valence-electron chi connectivity index (χ3n) is 1.51. The molecule has 11 heavy (non-hydrogen) atoms. The van der Waals surface area contributed by atoms with Crippen LogP contribution in [0.4, 0.5) is 0 Å². The van der Waals surface area contributed by atoms with Crippen LogP contribution >= 0.6 is 11.6 Å². The topological polar surface area (TPSA) is 21.3 Å². The van der Waals surface area contributed by atoms with E-state index in [9.17, 15) is 0 Å². The van der Waals surface area contributed by atoms with Crippen molar-refractivity contribution in [1.82, 2.24) is 5.32 Å². The average Bonchev–Trinajstić information content (AvgIpc) is 2.04. The van der Waals surface area contributed by atoms with E-state index in [1.54, 1.807) is 7.11 Å². The first kappa shape index (κ1) is 11.2. The van der Waals surface area contributed by atoms with E-state index in [0.29, 0.717) is 0 Å². The van der Waals surface area contributed by atoms with Crippen molar-refractivity contribution in [3.63, 3.8) is 0 Å². The number of alkyl halides is 1. The highest BCUT2D eigenvalue weighted by atomic mass is 35.5. The molecule has 0 aromatic carbocycles. The average molecular weight is 180 g/mol. The Kier molecular flexibility index (Phi) is 8.47. The van der Waals surface area contributed by atoms with Gasteiger partial charge in [-0.05, 0) is 19.4 Å². The second kappa shape index (κ2) is 8.31. The summed E-state index contributed by atoms with van der Waals surface area (Å²) in [6.45, 7) is 4.82. The molecule has 0 spiro atoms. The Morgan fingerprint density at radius 3 is 2.82 bits per heavy atom. The molecule has 0 aliphatic heterocycles. The first-order chi connectivity index (χ1) is 5.31. The Hall–Kier alpha value is 0.210. The molecule has 0 aromatic heterocycles. The van der Waals surface area contributed by atoms with Crippen LogP contribution in [0.25, 0.3) is 0 Å². The molecule has 0 amide bonds. The van der Waals surface area contributed by atoms with E-state index in [1.165, 1.54) is 0 Å². The number of hydrogen-bond donors (Lipinski definition) is 1. The van der Waals surface area contributed by atoms with Crippen LogP contribution in [0.1, 0.15) is 19.8 Å². The van der Waals surface area contributed by atoms with Gasteiger partial charge < -0.3 is 10.1 Å². The fourth-order valence-corrected chi connectivity index (χ4v) is 0.854. The van der Waals surface area contributed by atoms with Crippen LogP contribution in [0.2, 0.25) is 0 Å². The van der Waals surface area contributed by atoms with Gasteiger partial charge in [-0.2, -0.15) is 0 Å². The van der Waals surface area contributed by atoms with Gasteiger partial charge in [-0.3, -0.25) is 0 Å². The van der Waals surface area contributed by atoms with Crippen LogP contribution in [0.3, 0.4) is 0 Å². The Morgan fingerprint density at radius 1 is 1.55 bits per heavy atom. The first-order valence-corrected chi connectivity index (χ1v) is 4.58. The molecule has 0 aliphatic carbocycles. The maximum Gasteiger partial charge on any atom is 0.0474 e. The van der Waals surface area contributed by atoms with Gasteiger partial charge in [-0.15, -0.1) is 11.6 Å². The summed E-state index contributed by atoms with van der Waals surface area (Å²) < 4.78 is 4.90. The molecule has 0 aromatic rings. The summed E-state index contributed by atoms with van der Waals surface area (Å²) in [6.07, 6.45) is 2.09. The number of methoxy groups -OCH3 is 1. The number of halogens is 1. The fraction of sp³-hybridized carbons (Fsp3) is 1.00. The minimum absolute atomic E-state index is 0.276. The zero-order chi connectivity index (χ0) is 8.53. The summed E-state index contributed by atoms with van der Waals surface area (Å²) in [5.41, 5.74) is 0. The zero-order valence-corrected chi connectivity index (χ0v) is 8.16. The standard InChI is InChI=1S/C8H18ClNO/c1-3-8(9)7-10-5-4-6-11-2/h8,10H,3-7H2,1-2H3. The smallest absolute Gasteiger partial charge is 0.0474 e. The lowest BCUT2D eigenvalue weighted by Gasteiger charge is -2.07. The largest absolute Gasteiger partial charge is 0.385 e. The SMILES string of the molecule is CCC(Cl)CNCCCOC. The molecule has 0 aliphatic rings. The van der Waals surface area contributed by atoms with Crippen molar-refractivity contribution in [1.29, 1.82) is 0 Å².